The molecule has 16 heavy (non-hydrogen) atoms. The topological polar surface area (TPSA) is 67.8 Å². The zero-order valence-electron chi connectivity index (χ0n) is 10.6. The summed E-state index contributed by atoms with van der Waals surface area (Å²) in [4.78, 5) is 0. The second kappa shape index (κ2) is 10.7. The molecule has 0 fully saturated rings. The molecule has 0 rings (SSSR count). The molecule has 0 aliphatic carbocycles. The minimum absolute atomic E-state index is 0.277. The molecule has 0 bridgehead atoms. The van der Waals surface area contributed by atoms with Gasteiger partial charge in [-0.25, -0.2) is 0 Å². The molecule has 1 atom stereocenters. The first-order valence-corrected chi connectivity index (χ1v) is 6.28. The van der Waals surface area contributed by atoms with Crippen LogP contribution in [-0.2, 0) is 4.74 Å². The fourth-order valence-electron chi connectivity index (χ4n) is 1.53. The smallest absolute Gasteiger partial charge is 0.139 e. The molecular formula is C12H26N2O2. The molecule has 0 aromatic heterocycles. The van der Waals surface area contributed by atoms with Gasteiger partial charge < -0.3 is 15.7 Å². The van der Waals surface area contributed by atoms with Crippen molar-refractivity contribution >= 4 is 5.84 Å². The minimum atomic E-state index is 0.277. The number of ether oxygens (including phenoxy) is 1. The van der Waals surface area contributed by atoms with Crippen LogP contribution in [0.4, 0.5) is 0 Å². The minimum Gasteiger partial charge on any atom is -0.409 e. The third-order valence-corrected chi connectivity index (χ3v) is 2.57. The Morgan fingerprint density at radius 2 is 2.06 bits per heavy atom. The summed E-state index contributed by atoms with van der Waals surface area (Å²) in [6.45, 7) is 5.01. The summed E-state index contributed by atoms with van der Waals surface area (Å²) in [5.41, 5.74) is 5.35. The van der Waals surface area contributed by atoms with Gasteiger partial charge in [-0.1, -0.05) is 37.8 Å². The van der Waals surface area contributed by atoms with Crippen LogP contribution in [0.3, 0.4) is 0 Å². The van der Waals surface area contributed by atoms with E-state index in [1.165, 1.54) is 25.7 Å². The van der Waals surface area contributed by atoms with Gasteiger partial charge in [-0.05, 0) is 19.8 Å². The third kappa shape index (κ3) is 9.77. The van der Waals surface area contributed by atoms with Gasteiger partial charge in [-0.3, -0.25) is 0 Å². The van der Waals surface area contributed by atoms with Crippen molar-refractivity contribution in [2.24, 2.45) is 10.9 Å². The number of nitrogens with zero attached hydrogens (tertiary/aromatic N) is 1. The van der Waals surface area contributed by atoms with Gasteiger partial charge >= 0.3 is 0 Å². The zero-order chi connectivity index (χ0) is 12.2. The molecule has 0 spiro atoms. The Balaban J connectivity index is 3.26. The van der Waals surface area contributed by atoms with Gasteiger partial charge in [-0.15, -0.1) is 0 Å². The Morgan fingerprint density at radius 1 is 1.31 bits per heavy atom. The normalized spacial score (nSPS) is 14.0. The maximum atomic E-state index is 8.33. The van der Waals surface area contributed by atoms with Crippen molar-refractivity contribution in [1.82, 2.24) is 0 Å². The second-order valence-electron chi connectivity index (χ2n) is 4.23. The number of nitrogens with two attached hydrogens (primary N) is 1. The van der Waals surface area contributed by atoms with Crippen LogP contribution >= 0.6 is 0 Å². The van der Waals surface area contributed by atoms with E-state index in [1.54, 1.807) is 0 Å². The summed E-state index contributed by atoms with van der Waals surface area (Å²) in [6.07, 6.45) is 8.00. The molecule has 4 heteroatoms. The molecule has 1 unspecified atom stereocenters. The highest BCUT2D eigenvalue weighted by Gasteiger charge is 2.02. The molecule has 0 aliphatic rings. The lowest BCUT2D eigenvalue weighted by molar-refractivity contribution is 0.0576. The Bertz CT molecular complexity index is 184. The van der Waals surface area contributed by atoms with Crippen LogP contribution in [0.2, 0.25) is 0 Å². The third-order valence-electron chi connectivity index (χ3n) is 2.57. The Kier molecular flexibility index (Phi) is 10.2. The lowest BCUT2D eigenvalue weighted by atomic mass is 10.1. The van der Waals surface area contributed by atoms with E-state index in [-0.39, 0.29) is 5.84 Å². The van der Waals surface area contributed by atoms with E-state index >= 15 is 0 Å². The lowest BCUT2D eigenvalue weighted by Gasteiger charge is -2.12. The Hall–Kier alpha value is -0.770. The van der Waals surface area contributed by atoms with Gasteiger partial charge in [0.15, 0.2) is 0 Å². The summed E-state index contributed by atoms with van der Waals surface area (Å²) in [6, 6.07) is 0. The van der Waals surface area contributed by atoms with Crippen LogP contribution in [-0.4, -0.2) is 23.8 Å². The maximum Gasteiger partial charge on any atom is 0.139 e. The van der Waals surface area contributed by atoms with Crippen molar-refractivity contribution in [3.63, 3.8) is 0 Å². The van der Waals surface area contributed by atoms with Crippen LogP contribution in [0, 0.1) is 0 Å². The standard InChI is InChI=1S/C12H26N2O2/c1-3-4-5-6-8-11(2)16-10-7-9-12(13)14-15/h11,15H,3-10H2,1-2H3,(H2,13,14). The van der Waals surface area contributed by atoms with Crippen molar-refractivity contribution in [3.05, 3.63) is 0 Å². The number of amidine groups is 1. The van der Waals surface area contributed by atoms with Crippen molar-refractivity contribution in [1.29, 1.82) is 0 Å². The number of hydrogen-bond donors (Lipinski definition) is 2. The molecule has 0 radical (unpaired) electrons. The fourth-order valence-corrected chi connectivity index (χ4v) is 1.53. The molecule has 0 aromatic carbocycles. The molecule has 0 aromatic rings. The lowest BCUT2D eigenvalue weighted by Crippen LogP contribution is -2.14. The highest BCUT2D eigenvalue weighted by molar-refractivity contribution is 5.79. The van der Waals surface area contributed by atoms with Gasteiger partial charge in [0.1, 0.15) is 5.84 Å². The van der Waals surface area contributed by atoms with Crippen LogP contribution in [0.15, 0.2) is 5.16 Å². The van der Waals surface area contributed by atoms with Gasteiger partial charge in [0.2, 0.25) is 0 Å². The van der Waals surface area contributed by atoms with Crippen molar-refractivity contribution in [2.45, 2.75) is 64.9 Å². The average Bonchev–Trinajstić information content (AvgIpc) is 2.30. The highest BCUT2D eigenvalue weighted by Crippen LogP contribution is 2.08. The van der Waals surface area contributed by atoms with E-state index in [2.05, 4.69) is 19.0 Å². The van der Waals surface area contributed by atoms with Crippen molar-refractivity contribution < 1.29 is 9.94 Å². The zero-order valence-corrected chi connectivity index (χ0v) is 10.6. The van der Waals surface area contributed by atoms with E-state index in [4.69, 9.17) is 15.7 Å². The first-order valence-electron chi connectivity index (χ1n) is 6.28. The van der Waals surface area contributed by atoms with Crippen molar-refractivity contribution in [2.75, 3.05) is 6.61 Å². The first kappa shape index (κ1) is 15.2. The average molecular weight is 230 g/mol. The maximum absolute atomic E-state index is 8.33. The van der Waals surface area contributed by atoms with Crippen molar-refractivity contribution in [3.8, 4) is 0 Å². The van der Waals surface area contributed by atoms with Crippen LogP contribution in [0.25, 0.3) is 0 Å². The molecule has 3 N–H and O–H groups in total. The van der Waals surface area contributed by atoms with Gasteiger partial charge in [0, 0.05) is 13.0 Å². The Labute approximate surface area is 98.9 Å². The largest absolute Gasteiger partial charge is 0.409 e. The molecule has 0 saturated carbocycles. The molecule has 0 saturated heterocycles. The van der Waals surface area contributed by atoms with E-state index in [1.807, 2.05) is 0 Å². The number of hydrogen-bond acceptors (Lipinski definition) is 3. The van der Waals surface area contributed by atoms with E-state index in [0.29, 0.717) is 19.1 Å². The molecule has 0 amide bonds. The van der Waals surface area contributed by atoms with E-state index in [9.17, 15) is 0 Å². The van der Waals surface area contributed by atoms with E-state index in [0.717, 1.165) is 12.8 Å². The predicted octanol–water partition coefficient (Wildman–Crippen LogP) is 2.89. The van der Waals surface area contributed by atoms with Crippen LogP contribution in [0.1, 0.15) is 58.8 Å². The Morgan fingerprint density at radius 3 is 2.69 bits per heavy atom. The van der Waals surface area contributed by atoms with E-state index < -0.39 is 0 Å². The first-order chi connectivity index (χ1) is 7.70. The molecule has 0 aliphatic heterocycles. The second-order valence-corrected chi connectivity index (χ2v) is 4.23. The molecular weight excluding hydrogens is 204 g/mol. The summed E-state index contributed by atoms with van der Waals surface area (Å²) >= 11 is 0. The fraction of sp³-hybridized carbons (Fsp3) is 0.917. The monoisotopic (exact) mass is 230 g/mol. The number of oxime groups is 1. The quantitative estimate of drug-likeness (QED) is 0.199. The number of unbranched alkanes of at least 4 members (excludes halogenated alkanes) is 3. The summed E-state index contributed by atoms with van der Waals surface area (Å²) in [5.74, 6) is 0.277. The van der Waals surface area contributed by atoms with Gasteiger partial charge in [0.25, 0.3) is 0 Å². The summed E-state index contributed by atoms with van der Waals surface area (Å²) in [7, 11) is 0. The van der Waals surface area contributed by atoms with Gasteiger partial charge in [-0.2, -0.15) is 0 Å². The summed E-state index contributed by atoms with van der Waals surface area (Å²) in [5, 5.41) is 11.2. The molecule has 0 heterocycles. The van der Waals surface area contributed by atoms with Crippen LogP contribution in [0.5, 0.6) is 0 Å². The number of rotatable bonds is 10. The SMILES string of the molecule is CCCCCCC(C)OCCC/C(N)=N/O. The highest BCUT2D eigenvalue weighted by atomic mass is 16.5. The predicted molar refractivity (Wildman–Crippen MR) is 66.8 cm³/mol. The van der Waals surface area contributed by atoms with Gasteiger partial charge in [0.05, 0.1) is 6.10 Å². The molecule has 96 valence electrons. The molecule has 4 nitrogen and oxygen atoms in total. The summed E-state index contributed by atoms with van der Waals surface area (Å²) < 4.78 is 5.62. The van der Waals surface area contributed by atoms with Crippen LogP contribution < -0.4 is 5.73 Å².